The summed E-state index contributed by atoms with van der Waals surface area (Å²) < 4.78 is 35.3. The molecule has 3 N–H and O–H groups in total. The predicted molar refractivity (Wildman–Crippen MR) is 61.4 cm³/mol. The Hall–Kier alpha value is -1.12. The third-order valence-electron chi connectivity index (χ3n) is 2.22. The second-order valence-electron chi connectivity index (χ2n) is 3.67. The molecular formula is C9H15F3N2O3S. The van der Waals surface area contributed by atoms with E-state index in [9.17, 15) is 22.8 Å². The zero-order chi connectivity index (χ0) is 14.4. The van der Waals surface area contributed by atoms with Crippen LogP contribution in [0.5, 0.6) is 0 Å². The van der Waals surface area contributed by atoms with E-state index in [1.165, 1.54) is 6.92 Å². The van der Waals surface area contributed by atoms with Gasteiger partial charge < -0.3 is 15.7 Å². The van der Waals surface area contributed by atoms with Crippen LogP contribution in [-0.4, -0.2) is 40.5 Å². The normalized spacial score (nSPS) is 14.7. The number of carbonyl (C=O) groups is 2. The second-order valence-corrected chi connectivity index (χ2v) is 4.83. The molecule has 2 amide bonds. The number of hydrogen-bond donors (Lipinski definition) is 3. The molecule has 0 aliphatic carbocycles. The zero-order valence-corrected chi connectivity index (χ0v) is 10.7. The molecule has 1 atom stereocenters. The molecule has 9 heteroatoms. The Morgan fingerprint density at radius 2 is 1.89 bits per heavy atom. The van der Waals surface area contributed by atoms with Gasteiger partial charge in [0, 0.05) is 12.3 Å². The Bertz CT molecular complexity index is 312. The first-order valence-corrected chi connectivity index (χ1v) is 6.09. The van der Waals surface area contributed by atoms with E-state index < -0.39 is 23.0 Å². The number of nitrogens with one attached hydrogen (secondary N) is 2. The van der Waals surface area contributed by atoms with Crippen LogP contribution in [0.25, 0.3) is 0 Å². The van der Waals surface area contributed by atoms with Crippen LogP contribution >= 0.6 is 11.8 Å². The molecule has 5 nitrogen and oxygen atoms in total. The van der Waals surface area contributed by atoms with Crippen LogP contribution < -0.4 is 10.6 Å². The maximum atomic E-state index is 11.8. The van der Waals surface area contributed by atoms with Gasteiger partial charge in [0.15, 0.2) is 0 Å². The summed E-state index contributed by atoms with van der Waals surface area (Å²) >= 11 is -0.253. The van der Waals surface area contributed by atoms with E-state index in [2.05, 4.69) is 10.6 Å². The lowest BCUT2D eigenvalue weighted by atomic mass is 10.00. The summed E-state index contributed by atoms with van der Waals surface area (Å²) in [6.45, 7) is 2.70. The minimum Gasteiger partial charge on any atom is -0.480 e. The standard InChI is InChI=1S/C9H15F3N2O3S/c1-3-8(2,6(15)16)14-7(17)13-4-5-18-9(10,11)12/h3-5H2,1-2H3,(H,15,16)(H2,13,14,17). The summed E-state index contributed by atoms with van der Waals surface area (Å²) in [6, 6.07) is -0.801. The molecule has 0 aromatic rings. The van der Waals surface area contributed by atoms with Crippen molar-refractivity contribution in [2.75, 3.05) is 12.3 Å². The van der Waals surface area contributed by atoms with Crippen molar-refractivity contribution in [2.24, 2.45) is 0 Å². The van der Waals surface area contributed by atoms with Crippen molar-refractivity contribution in [3.63, 3.8) is 0 Å². The summed E-state index contributed by atoms with van der Waals surface area (Å²) in [5.41, 5.74) is -5.77. The lowest BCUT2D eigenvalue weighted by Gasteiger charge is -2.24. The fraction of sp³-hybridized carbons (Fsp3) is 0.778. The van der Waals surface area contributed by atoms with Crippen LogP contribution in [0.3, 0.4) is 0 Å². The Kier molecular flexibility index (Phi) is 6.30. The highest BCUT2D eigenvalue weighted by Crippen LogP contribution is 2.29. The van der Waals surface area contributed by atoms with Crippen LogP contribution in [-0.2, 0) is 4.79 Å². The highest BCUT2D eigenvalue weighted by molar-refractivity contribution is 8.00. The lowest BCUT2D eigenvalue weighted by molar-refractivity contribution is -0.143. The number of halogens is 3. The Morgan fingerprint density at radius 1 is 1.33 bits per heavy atom. The van der Waals surface area contributed by atoms with Gasteiger partial charge in [-0.05, 0) is 25.1 Å². The third kappa shape index (κ3) is 6.58. The topological polar surface area (TPSA) is 78.4 Å². The Morgan fingerprint density at radius 3 is 2.28 bits per heavy atom. The number of urea groups is 1. The molecule has 0 saturated heterocycles. The van der Waals surface area contributed by atoms with Gasteiger partial charge >= 0.3 is 17.5 Å². The molecule has 1 unspecified atom stereocenters. The molecule has 0 bridgehead atoms. The molecule has 0 aromatic carbocycles. The first-order valence-electron chi connectivity index (χ1n) is 5.11. The minimum absolute atomic E-state index is 0.160. The first-order chi connectivity index (χ1) is 8.10. The van der Waals surface area contributed by atoms with E-state index in [-0.39, 0.29) is 30.5 Å². The van der Waals surface area contributed by atoms with Crippen molar-refractivity contribution in [1.82, 2.24) is 10.6 Å². The van der Waals surface area contributed by atoms with Gasteiger partial charge in [-0.15, -0.1) is 0 Å². The van der Waals surface area contributed by atoms with E-state index in [4.69, 9.17) is 5.11 Å². The Balaban J connectivity index is 4.02. The number of thioether (sulfide) groups is 1. The van der Waals surface area contributed by atoms with Crippen LogP contribution in [0, 0.1) is 0 Å². The fourth-order valence-electron chi connectivity index (χ4n) is 0.919. The van der Waals surface area contributed by atoms with E-state index >= 15 is 0 Å². The van der Waals surface area contributed by atoms with Gasteiger partial charge in [-0.2, -0.15) is 13.2 Å². The number of aliphatic carboxylic acids is 1. The van der Waals surface area contributed by atoms with Crippen molar-refractivity contribution in [3.05, 3.63) is 0 Å². The largest absolute Gasteiger partial charge is 0.480 e. The molecule has 18 heavy (non-hydrogen) atoms. The SMILES string of the molecule is CCC(C)(NC(=O)NCCSC(F)(F)F)C(=O)O. The number of carbonyl (C=O) groups excluding carboxylic acids is 1. The Labute approximate surface area is 106 Å². The zero-order valence-electron chi connectivity index (χ0n) is 9.93. The second kappa shape index (κ2) is 6.72. The predicted octanol–water partition coefficient (Wildman–Crippen LogP) is 1.79. The van der Waals surface area contributed by atoms with Crippen molar-refractivity contribution in [3.8, 4) is 0 Å². The van der Waals surface area contributed by atoms with E-state index in [0.29, 0.717) is 0 Å². The number of alkyl halides is 3. The molecule has 0 saturated carbocycles. The van der Waals surface area contributed by atoms with Crippen molar-refractivity contribution < 1.29 is 27.9 Å². The van der Waals surface area contributed by atoms with Crippen molar-refractivity contribution >= 4 is 23.8 Å². The molecule has 0 rings (SSSR count). The molecule has 0 spiro atoms. The summed E-state index contributed by atoms with van der Waals surface area (Å²) in [5.74, 6) is -1.53. The van der Waals surface area contributed by atoms with Gasteiger partial charge in [0.25, 0.3) is 0 Å². The van der Waals surface area contributed by atoms with Crippen LogP contribution in [0.4, 0.5) is 18.0 Å². The molecule has 0 aliphatic heterocycles. The van der Waals surface area contributed by atoms with Crippen LogP contribution in [0.1, 0.15) is 20.3 Å². The number of rotatable bonds is 6. The van der Waals surface area contributed by atoms with Gasteiger partial charge in [0.05, 0.1) is 0 Å². The average Bonchev–Trinajstić information content (AvgIpc) is 2.22. The van der Waals surface area contributed by atoms with E-state index in [1.54, 1.807) is 6.92 Å². The van der Waals surface area contributed by atoms with Crippen molar-refractivity contribution in [1.29, 1.82) is 0 Å². The smallest absolute Gasteiger partial charge is 0.441 e. The maximum Gasteiger partial charge on any atom is 0.441 e. The van der Waals surface area contributed by atoms with Gasteiger partial charge in [0.2, 0.25) is 0 Å². The number of carboxylic acid groups (broad SMARTS) is 1. The average molecular weight is 288 g/mol. The van der Waals surface area contributed by atoms with E-state index in [0.717, 1.165) is 0 Å². The summed E-state index contributed by atoms with van der Waals surface area (Å²) in [6.07, 6.45) is 0.160. The summed E-state index contributed by atoms with van der Waals surface area (Å²) in [7, 11) is 0. The number of carboxylic acids is 1. The minimum atomic E-state index is -4.34. The van der Waals surface area contributed by atoms with Gasteiger partial charge in [-0.3, -0.25) is 0 Å². The van der Waals surface area contributed by atoms with Crippen LogP contribution in [0.15, 0.2) is 0 Å². The van der Waals surface area contributed by atoms with E-state index in [1.807, 2.05) is 0 Å². The molecule has 0 aliphatic rings. The van der Waals surface area contributed by atoms with Gasteiger partial charge in [-0.1, -0.05) is 6.92 Å². The highest BCUT2D eigenvalue weighted by atomic mass is 32.2. The molecule has 0 heterocycles. The lowest BCUT2D eigenvalue weighted by Crippen LogP contribution is -2.55. The monoisotopic (exact) mass is 288 g/mol. The number of amides is 2. The van der Waals surface area contributed by atoms with Gasteiger partial charge in [0.1, 0.15) is 5.54 Å². The molecular weight excluding hydrogens is 273 g/mol. The van der Waals surface area contributed by atoms with Crippen LogP contribution in [0.2, 0.25) is 0 Å². The molecule has 106 valence electrons. The van der Waals surface area contributed by atoms with Gasteiger partial charge in [-0.25, -0.2) is 9.59 Å². The molecule has 0 aromatic heterocycles. The third-order valence-corrected chi connectivity index (χ3v) is 2.96. The first kappa shape index (κ1) is 16.9. The van der Waals surface area contributed by atoms with Crippen molar-refractivity contribution in [2.45, 2.75) is 31.3 Å². The number of hydrogen-bond acceptors (Lipinski definition) is 3. The quantitative estimate of drug-likeness (QED) is 0.651. The summed E-state index contributed by atoms with van der Waals surface area (Å²) in [5, 5.41) is 13.2. The highest BCUT2D eigenvalue weighted by Gasteiger charge is 2.32. The summed E-state index contributed by atoms with van der Waals surface area (Å²) in [4.78, 5) is 22.1. The molecule has 0 fully saturated rings. The maximum absolute atomic E-state index is 11.8. The fourth-order valence-corrected chi connectivity index (χ4v) is 1.35. The molecule has 0 radical (unpaired) electrons.